The fraction of sp³-hybridized carbons (Fsp3) is 0.750. The van der Waals surface area contributed by atoms with E-state index in [1.54, 1.807) is 0 Å². The van der Waals surface area contributed by atoms with Crippen molar-refractivity contribution in [2.45, 2.75) is 59.2 Å². The lowest BCUT2D eigenvalue weighted by Crippen LogP contribution is -2.49. The van der Waals surface area contributed by atoms with E-state index in [1.807, 2.05) is 6.07 Å². The molecule has 1 aromatic rings. The van der Waals surface area contributed by atoms with Gasteiger partial charge in [0.2, 0.25) is 0 Å². The molecule has 1 aliphatic heterocycles. The lowest BCUT2D eigenvalue weighted by Gasteiger charge is -2.39. The normalized spacial score (nSPS) is 25.6. The van der Waals surface area contributed by atoms with Crippen LogP contribution in [-0.4, -0.2) is 61.5 Å². The third-order valence-electron chi connectivity index (χ3n) is 6.82. The molecular weight excluding hydrogens is 455 g/mol. The number of aliphatic hydroxyl groups excluding tert-OH is 1. The smallest absolute Gasteiger partial charge is 0.0900 e. The molecule has 1 aliphatic carbocycles. The number of piperazine rings is 1. The molecule has 4 atom stereocenters. The largest absolute Gasteiger partial charge is 0.389 e. The number of hydrogen-bond donors (Lipinski definition) is 1. The molecule has 4 nitrogen and oxygen atoms in total. The summed E-state index contributed by atoms with van der Waals surface area (Å²) in [4.78, 5) is 4.76. The minimum Gasteiger partial charge on any atom is -0.389 e. The van der Waals surface area contributed by atoms with Crippen LogP contribution in [0.1, 0.15) is 45.6 Å². The highest BCUT2D eigenvalue weighted by molar-refractivity contribution is 6.30. The van der Waals surface area contributed by atoms with Gasteiger partial charge in [-0.15, -0.1) is 24.8 Å². The van der Waals surface area contributed by atoms with Crippen LogP contribution in [0.15, 0.2) is 18.2 Å². The van der Waals surface area contributed by atoms with E-state index in [4.69, 9.17) is 16.3 Å². The van der Waals surface area contributed by atoms with E-state index in [-0.39, 0.29) is 24.8 Å². The number of hydrogen-bond acceptors (Lipinski definition) is 4. The van der Waals surface area contributed by atoms with Gasteiger partial charge in [-0.3, -0.25) is 4.90 Å². The zero-order chi connectivity index (χ0) is 21.0. The summed E-state index contributed by atoms with van der Waals surface area (Å²) in [7, 11) is 0. The van der Waals surface area contributed by atoms with Gasteiger partial charge in [0, 0.05) is 43.4 Å². The molecular formula is C24H41Cl3N2O2. The Bertz CT molecular complexity index is 654. The first-order valence-corrected chi connectivity index (χ1v) is 11.7. The number of anilines is 1. The van der Waals surface area contributed by atoms with Crippen LogP contribution in [-0.2, 0) is 4.74 Å². The molecule has 0 spiro atoms. The van der Waals surface area contributed by atoms with Crippen molar-refractivity contribution in [3.05, 3.63) is 28.8 Å². The Morgan fingerprint density at radius 1 is 1.13 bits per heavy atom. The summed E-state index contributed by atoms with van der Waals surface area (Å²) in [5.41, 5.74) is 2.49. The number of halogens is 3. The highest BCUT2D eigenvalue weighted by Crippen LogP contribution is 2.35. The fourth-order valence-corrected chi connectivity index (χ4v) is 5.15. The number of β-amino-alcohol motifs (C(OH)–C–C–N with tert-alkyl or cyclic N) is 1. The van der Waals surface area contributed by atoms with Gasteiger partial charge in [-0.2, -0.15) is 0 Å². The fourth-order valence-electron chi connectivity index (χ4n) is 4.99. The van der Waals surface area contributed by atoms with Gasteiger partial charge in [0.25, 0.3) is 0 Å². The first-order chi connectivity index (χ1) is 13.8. The average molecular weight is 496 g/mol. The predicted octanol–water partition coefficient (Wildman–Crippen LogP) is 5.45. The number of aryl methyl sites for hydroxylation is 1. The van der Waals surface area contributed by atoms with E-state index in [9.17, 15) is 5.11 Å². The Labute approximate surface area is 206 Å². The van der Waals surface area contributed by atoms with Crippen LogP contribution in [0.2, 0.25) is 5.02 Å². The molecule has 2 fully saturated rings. The molecule has 2 aliphatic rings. The lowest BCUT2D eigenvalue weighted by atomic mass is 9.75. The molecule has 31 heavy (non-hydrogen) atoms. The van der Waals surface area contributed by atoms with E-state index < -0.39 is 6.10 Å². The van der Waals surface area contributed by atoms with Gasteiger partial charge in [-0.1, -0.05) is 44.9 Å². The lowest BCUT2D eigenvalue weighted by molar-refractivity contribution is -0.0740. The van der Waals surface area contributed by atoms with Gasteiger partial charge in [-0.25, -0.2) is 0 Å². The van der Waals surface area contributed by atoms with Crippen LogP contribution in [0.4, 0.5) is 5.69 Å². The van der Waals surface area contributed by atoms with Crippen molar-refractivity contribution < 1.29 is 9.84 Å². The summed E-state index contributed by atoms with van der Waals surface area (Å²) < 4.78 is 6.25. The van der Waals surface area contributed by atoms with Crippen molar-refractivity contribution >= 4 is 42.1 Å². The highest BCUT2D eigenvalue weighted by Gasteiger charge is 2.32. The first-order valence-electron chi connectivity index (χ1n) is 11.4. The molecule has 1 N–H and O–H groups in total. The van der Waals surface area contributed by atoms with E-state index in [0.29, 0.717) is 31.1 Å². The molecule has 0 radical (unpaired) electrons. The van der Waals surface area contributed by atoms with Crippen molar-refractivity contribution in [1.29, 1.82) is 0 Å². The summed E-state index contributed by atoms with van der Waals surface area (Å²) in [6.45, 7) is 14.0. The van der Waals surface area contributed by atoms with Crippen LogP contribution in [0.3, 0.4) is 0 Å². The van der Waals surface area contributed by atoms with E-state index in [0.717, 1.165) is 43.5 Å². The van der Waals surface area contributed by atoms with Gasteiger partial charge in [0.05, 0.1) is 18.8 Å². The van der Waals surface area contributed by atoms with Gasteiger partial charge in [0.1, 0.15) is 0 Å². The minimum atomic E-state index is -0.417. The standard InChI is InChI=1S/C24H39ClN2O2.2ClH/c1-17(2)22-8-5-18(3)13-24(22)29-16-21(28)15-26-9-11-27(12-10-26)23-14-20(25)7-6-19(23)4;;/h6-7,14,17-18,21-22,24,28H,5,8-13,15-16H2,1-4H3;2*1H. The summed E-state index contributed by atoms with van der Waals surface area (Å²) in [6.07, 6.45) is 3.58. The quantitative estimate of drug-likeness (QED) is 0.545. The van der Waals surface area contributed by atoms with E-state index in [1.165, 1.54) is 24.1 Å². The topological polar surface area (TPSA) is 35.9 Å². The molecule has 1 heterocycles. The number of rotatable bonds is 7. The Hall–Kier alpha value is -0.230. The van der Waals surface area contributed by atoms with Crippen molar-refractivity contribution in [2.24, 2.45) is 17.8 Å². The number of aliphatic hydroxyl groups is 1. The Balaban J connectivity index is 0.00000240. The van der Waals surface area contributed by atoms with Crippen LogP contribution >= 0.6 is 36.4 Å². The number of ether oxygens (including phenoxy) is 1. The summed E-state index contributed by atoms with van der Waals surface area (Å²) in [5.74, 6) is 2.01. The molecule has 1 aromatic carbocycles. The third kappa shape index (κ3) is 8.24. The summed E-state index contributed by atoms with van der Waals surface area (Å²) in [5, 5.41) is 11.4. The zero-order valence-electron chi connectivity index (χ0n) is 19.4. The molecule has 3 rings (SSSR count). The molecule has 0 bridgehead atoms. The molecule has 0 aromatic heterocycles. The van der Waals surface area contributed by atoms with Gasteiger partial charge in [-0.05, 0) is 55.2 Å². The van der Waals surface area contributed by atoms with Crippen LogP contribution in [0.5, 0.6) is 0 Å². The second-order valence-electron chi connectivity index (χ2n) is 9.57. The van der Waals surface area contributed by atoms with Crippen molar-refractivity contribution in [3.63, 3.8) is 0 Å². The molecule has 0 amide bonds. The number of benzene rings is 1. The summed E-state index contributed by atoms with van der Waals surface area (Å²) >= 11 is 6.19. The van der Waals surface area contributed by atoms with Crippen molar-refractivity contribution in [3.8, 4) is 0 Å². The molecule has 7 heteroatoms. The Kier molecular flexibility index (Phi) is 12.5. The zero-order valence-corrected chi connectivity index (χ0v) is 21.8. The van der Waals surface area contributed by atoms with Crippen LogP contribution in [0, 0.1) is 24.7 Å². The second kappa shape index (κ2) is 13.5. The predicted molar refractivity (Wildman–Crippen MR) is 136 cm³/mol. The van der Waals surface area contributed by atoms with Crippen LogP contribution < -0.4 is 4.90 Å². The molecule has 4 unspecified atom stereocenters. The highest BCUT2D eigenvalue weighted by atomic mass is 35.5. The number of nitrogens with zero attached hydrogens (tertiary/aromatic N) is 2. The minimum absolute atomic E-state index is 0. The Morgan fingerprint density at radius 3 is 2.45 bits per heavy atom. The maximum absolute atomic E-state index is 10.6. The van der Waals surface area contributed by atoms with Crippen molar-refractivity contribution in [2.75, 3.05) is 44.2 Å². The average Bonchev–Trinajstić information content (AvgIpc) is 2.69. The monoisotopic (exact) mass is 494 g/mol. The van der Waals surface area contributed by atoms with Gasteiger partial charge < -0.3 is 14.7 Å². The Morgan fingerprint density at radius 2 is 1.81 bits per heavy atom. The van der Waals surface area contributed by atoms with Crippen molar-refractivity contribution in [1.82, 2.24) is 4.90 Å². The molecule has 180 valence electrons. The van der Waals surface area contributed by atoms with Crippen LogP contribution in [0.25, 0.3) is 0 Å². The second-order valence-corrected chi connectivity index (χ2v) is 10.0. The maximum Gasteiger partial charge on any atom is 0.0900 e. The SMILES string of the molecule is Cc1ccc(Cl)cc1N1CCN(CC(O)COC2CC(C)CCC2C(C)C)CC1.Cl.Cl. The van der Waals surface area contributed by atoms with E-state index in [2.05, 4.69) is 49.6 Å². The van der Waals surface area contributed by atoms with Gasteiger partial charge in [0.15, 0.2) is 0 Å². The maximum atomic E-state index is 10.6. The van der Waals surface area contributed by atoms with E-state index >= 15 is 0 Å². The summed E-state index contributed by atoms with van der Waals surface area (Å²) in [6, 6.07) is 6.09. The van der Waals surface area contributed by atoms with Gasteiger partial charge >= 0.3 is 0 Å². The molecule has 1 saturated carbocycles. The molecule has 1 saturated heterocycles. The third-order valence-corrected chi connectivity index (χ3v) is 7.05. The first kappa shape index (κ1) is 28.8.